The van der Waals surface area contributed by atoms with Crippen molar-refractivity contribution in [3.05, 3.63) is 45.0 Å². The fourth-order valence-electron chi connectivity index (χ4n) is 1.23. The van der Waals surface area contributed by atoms with Crippen LogP contribution in [0, 0.1) is 4.51 Å². The summed E-state index contributed by atoms with van der Waals surface area (Å²) >= 11 is 1.15. The van der Waals surface area contributed by atoms with Crippen LogP contribution in [0.2, 0.25) is 0 Å². The summed E-state index contributed by atoms with van der Waals surface area (Å²) in [6.45, 7) is 0. The van der Waals surface area contributed by atoms with Crippen LogP contribution in [0.5, 0.6) is 0 Å². The van der Waals surface area contributed by atoms with Gasteiger partial charge in [0.2, 0.25) is 20.8 Å². The van der Waals surface area contributed by atoms with Gasteiger partial charge in [0.15, 0.2) is 0 Å². The lowest BCUT2D eigenvalue weighted by atomic mass is 10.3. The smallest absolute Gasteiger partial charge is 0.167 e. The molecule has 0 radical (unpaired) electrons. The van der Waals surface area contributed by atoms with Gasteiger partial charge < -0.3 is 0 Å². The van der Waals surface area contributed by atoms with Crippen LogP contribution in [0.25, 0.3) is 6.08 Å². The molecule has 0 aromatic heterocycles. The summed E-state index contributed by atoms with van der Waals surface area (Å²) in [6, 6.07) is 7.25. The first-order valence-corrected chi connectivity index (χ1v) is 4.77. The molecule has 0 unspecified atom stereocenters. The molecule has 0 nitrogen and oxygen atoms in total. The van der Waals surface area contributed by atoms with Crippen molar-refractivity contribution in [3.63, 3.8) is 0 Å². The molecule has 0 atom stereocenters. The van der Waals surface area contributed by atoms with Crippen molar-refractivity contribution in [1.82, 2.24) is 0 Å². The molecule has 0 bridgehead atoms. The molecule has 1 aliphatic heterocycles. The van der Waals surface area contributed by atoms with Gasteiger partial charge in [0.1, 0.15) is 0 Å². The second kappa shape index (κ2) is 3.20. The van der Waals surface area contributed by atoms with E-state index in [2.05, 4.69) is 0 Å². The summed E-state index contributed by atoms with van der Waals surface area (Å²) < 4.78 is 36.9. The third kappa shape index (κ3) is 2.01. The normalized spacial score (nSPS) is 17.5. The third-order valence-electron chi connectivity index (χ3n) is 1.75. The van der Waals surface area contributed by atoms with Crippen LogP contribution in [0.1, 0.15) is 0 Å². The number of hydrogen-bond donors (Lipinski definition) is 0. The van der Waals surface area contributed by atoms with E-state index in [1.165, 1.54) is 0 Å². The SMILES string of the molecule is FC(F)(F)C=C1C=c2ccccc2=[S+]1. The highest BCUT2D eigenvalue weighted by Crippen LogP contribution is 2.20. The summed E-state index contributed by atoms with van der Waals surface area (Å²) in [5.41, 5.74) is 0. The monoisotopic (exact) mass is 215 g/mol. The van der Waals surface area contributed by atoms with Gasteiger partial charge in [-0.25, -0.2) is 0 Å². The maximum atomic E-state index is 12.0. The molecule has 4 heteroatoms. The molecule has 1 heterocycles. The third-order valence-corrected chi connectivity index (χ3v) is 2.81. The minimum Gasteiger partial charge on any atom is -0.167 e. The van der Waals surface area contributed by atoms with Crippen molar-refractivity contribution in [2.75, 3.05) is 0 Å². The Hall–Kier alpha value is -1.16. The molecule has 72 valence electrons. The van der Waals surface area contributed by atoms with E-state index in [-0.39, 0.29) is 4.91 Å². The average molecular weight is 215 g/mol. The summed E-state index contributed by atoms with van der Waals surface area (Å²) in [6.07, 6.45) is -2.36. The van der Waals surface area contributed by atoms with Gasteiger partial charge in [0.05, 0.1) is 6.08 Å². The molecule has 1 aliphatic rings. The molecular formula is C10H6F3S+. The molecule has 0 N–H and O–H groups in total. The van der Waals surface area contributed by atoms with Crippen molar-refractivity contribution in [2.45, 2.75) is 6.18 Å². The number of benzene rings is 1. The van der Waals surface area contributed by atoms with E-state index in [0.29, 0.717) is 6.08 Å². The van der Waals surface area contributed by atoms with Gasteiger partial charge in [-0.05, 0) is 6.07 Å². The van der Waals surface area contributed by atoms with Crippen LogP contribution in [0.3, 0.4) is 0 Å². The lowest BCUT2D eigenvalue weighted by molar-refractivity contribution is -0.0799. The first-order chi connectivity index (χ1) is 6.54. The van der Waals surface area contributed by atoms with Crippen molar-refractivity contribution in [1.29, 1.82) is 0 Å². The predicted molar refractivity (Wildman–Crippen MR) is 50.9 cm³/mol. The molecule has 2 rings (SSSR count). The number of hydrogen-bond acceptors (Lipinski definition) is 0. The number of halogens is 3. The van der Waals surface area contributed by atoms with Gasteiger partial charge in [0.25, 0.3) is 0 Å². The lowest BCUT2D eigenvalue weighted by Crippen LogP contribution is -2.02. The zero-order chi connectivity index (χ0) is 10.2. The highest BCUT2D eigenvalue weighted by atomic mass is 32.1. The molecule has 1 aromatic carbocycles. The van der Waals surface area contributed by atoms with Crippen LogP contribution in [-0.2, 0) is 11.4 Å². The van der Waals surface area contributed by atoms with E-state index >= 15 is 0 Å². The lowest BCUT2D eigenvalue weighted by Gasteiger charge is -1.93. The van der Waals surface area contributed by atoms with Gasteiger partial charge in [-0.2, -0.15) is 13.2 Å². The summed E-state index contributed by atoms with van der Waals surface area (Å²) in [4.78, 5) is 0.249. The quantitative estimate of drug-likeness (QED) is 0.460. The minimum atomic E-state index is -4.24. The second-order valence-electron chi connectivity index (χ2n) is 2.87. The highest BCUT2D eigenvalue weighted by molar-refractivity contribution is 7.75. The van der Waals surface area contributed by atoms with E-state index in [4.69, 9.17) is 0 Å². The minimum absolute atomic E-state index is 0.249. The fourth-order valence-corrected chi connectivity index (χ4v) is 2.26. The van der Waals surface area contributed by atoms with Crippen LogP contribution >= 0.6 is 0 Å². The second-order valence-corrected chi connectivity index (χ2v) is 3.99. The van der Waals surface area contributed by atoms with Crippen molar-refractivity contribution in [2.24, 2.45) is 0 Å². The first kappa shape index (κ1) is 9.40. The molecule has 0 spiro atoms. The molecule has 0 saturated carbocycles. The molecule has 14 heavy (non-hydrogen) atoms. The van der Waals surface area contributed by atoms with Crippen LogP contribution in [0.15, 0.2) is 35.2 Å². The maximum Gasteiger partial charge on any atom is 0.415 e. The van der Waals surface area contributed by atoms with Gasteiger partial charge in [-0.1, -0.05) is 12.1 Å². The zero-order valence-corrected chi connectivity index (χ0v) is 7.82. The van der Waals surface area contributed by atoms with Crippen molar-refractivity contribution < 1.29 is 13.2 Å². The molecule has 0 amide bonds. The maximum absolute atomic E-state index is 12.0. The van der Waals surface area contributed by atoms with Crippen molar-refractivity contribution >= 4 is 17.4 Å². The van der Waals surface area contributed by atoms with Crippen molar-refractivity contribution in [3.8, 4) is 0 Å². The summed E-state index contributed by atoms with van der Waals surface area (Å²) in [5, 5.41) is 0.855. The van der Waals surface area contributed by atoms with Gasteiger partial charge in [-0.3, -0.25) is 0 Å². The first-order valence-electron chi connectivity index (χ1n) is 3.96. The Kier molecular flexibility index (Phi) is 2.15. The Bertz CT molecular complexity index is 460. The van der Waals surface area contributed by atoms with Crippen LogP contribution in [0.4, 0.5) is 13.2 Å². The topological polar surface area (TPSA) is 0 Å². The summed E-state index contributed by atoms with van der Waals surface area (Å²) in [7, 11) is 0. The van der Waals surface area contributed by atoms with E-state index in [0.717, 1.165) is 21.1 Å². The van der Waals surface area contributed by atoms with E-state index in [1.54, 1.807) is 12.1 Å². The fraction of sp³-hybridized carbons (Fsp3) is 0.100. The molecule has 0 aliphatic carbocycles. The number of fused-ring (bicyclic) bond motifs is 1. The van der Waals surface area contributed by atoms with Gasteiger partial charge >= 0.3 is 6.18 Å². The Morgan fingerprint density at radius 3 is 2.50 bits per heavy atom. The number of allylic oxidation sites excluding steroid dienone is 2. The summed E-state index contributed by atoms with van der Waals surface area (Å²) in [5.74, 6) is 0. The van der Waals surface area contributed by atoms with Crippen LogP contribution < -0.4 is 5.22 Å². The van der Waals surface area contributed by atoms with E-state index in [1.807, 2.05) is 18.2 Å². The predicted octanol–water partition coefficient (Wildman–Crippen LogP) is 2.26. The molecule has 0 saturated heterocycles. The Labute approximate surface area is 82.3 Å². The number of alkyl halides is 3. The van der Waals surface area contributed by atoms with E-state index < -0.39 is 6.18 Å². The Balaban J connectivity index is 2.51. The largest absolute Gasteiger partial charge is 0.415 e. The number of rotatable bonds is 0. The van der Waals surface area contributed by atoms with Crippen LogP contribution in [-0.4, -0.2) is 6.18 Å². The Morgan fingerprint density at radius 2 is 1.86 bits per heavy atom. The van der Waals surface area contributed by atoms with Gasteiger partial charge in [-0.15, -0.1) is 0 Å². The van der Waals surface area contributed by atoms with E-state index in [9.17, 15) is 13.2 Å². The molecule has 1 aromatic rings. The highest BCUT2D eigenvalue weighted by Gasteiger charge is 2.28. The molecular weight excluding hydrogens is 209 g/mol. The standard InChI is InChI=1S/C10H6F3S/c11-10(12,13)6-8-5-7-3-1-2-4-9(7)14-8/h1-6H/q+1. The Morgan fingerprint density at radius 1 is 1.14 bits per heavy atom. The molecule has 0 fully saturated rings. The average Bonchev–Trinajstić information content (AvgIpc) is 2.42. The van der Waals surface area contributed by atoms with Gasteiger partial charge in [0, 0.05) is 17.4 Å². The zero-order valence-electron chi connectivity index (χ0n) is 7.01.